The quantitative estimate of drug-likeness (QED) is 0.288. The molecule has 1 N–H and O–H groups in total. The van der Waals surface area contributed by atoms with Crippen LogP contribution in [0, 0.1) is 0 Å². The van der Waals surface area contributed by atoms with E-state index in [0.29, 0.717) is 24.1 Å². The van der Waals surface area contributed by atoms with Gasteiger partial charge in [-0.2, -0.15) is 0 Å². The van der Waals surface area contributed by atoms with Crippen molar-refractivity contribution in [1.29, 1.82) is 0 Å². The van der Waals surface area contributed by atoms with Gasteiger partial charge in [-0.3, -0.25) is 0 Å². The van der Waals surface area contributed by atoms with E-state index < -0.39 is 0 Å². The van der Waals surface area contributed by atoms with Gasteiger partial charge < -0.3 is 19.5 Å². The lowest BCUT2D eigenvalue weighted by atomic mass is 10.4. The first-order valence-electron chi connectivity index (χ1n) is 7.94. The summed E-state index contributed by atoms with van der Waals surface area (Å²) in [6.45, 7) is 4.58. The molecule has 2 rings (SSSR count). The second-order valence-corrected chi connectivity index (χ2v) is 5.75. The minimum Gasteiger partial charge on any atom is -0.475 e. The summed E-state index contributed by atoms with van der Waals surface area (Å²) in [5.41, 5.74) is 1.22. The third kappa shape index (κ3) is 6.74. The molecule has 0 spiro atoms. The van der Waals surface area contributed by atoms with Crippen LogP contribution in [-0.4, -0.2) is 47.2 Å². The molecule has 138 valence electrons. The third-order valence-electron chi connectivity index (χ3n) is 3.46. The topological polar surface area (TPSA) is 54.7 Å². The van der Waals surface area contributed by atoms with Crippen LogP contribution < -0.4 is 10.1 Å². The molecule has 2 aromatic rings. The molecule has 0 aliphatic rings. The van der Waals surface area contributed by atoms with E-state index in [1.165, 1.54) is 5.69 Å². The van der Waals surface area contributed by atoms with Crippen molar-refractivity contribution in [2.45, 2.75) is 13.5 Å². The van der Waals surface area contributed by atoms with Gasteiger partial charge in [0, 0.05) is 38.7 Å². The first kappa shape index (κ1) is 21.6. The van der Waals surface area contributed by atoms with Gasteiger partial charge in [-0.05, 0) is 31.2 Å². The first-order chi connectivity index (χ1) is 11.6. The van der Waals surface area contributed by atoms with Crippen LogP contribution in [0.5, 0.6) is 5.88 Å². The van der Waals surface area contributed by atoms with Crippen molar-refractivity contribution in [1.82, 2.24) is 19.8 Å². The maximum atomic E-state index is 6.01. The number of nitrogens with zero attached hydrogens (tertiary/aromatic N) is 4. The van der Waals surface area contributed by atoms with E-state index in [4.69, 9.17) is 16.3 Å². The Labute approximate surface area is 171 Å². The fourth-order valence-corrected chi connectivity index (χ4v) is 2.40. The van der Waals surface area contributed by atoms with Gasteiger partial charge in [0.15, 0.2) is 5.96 Å². The molecule has 0 unspecified atom stereocenters. The van der Waals surface area contributed by atoms with Crippen LogP contribution in [0.4, 0.5) is 0 Å². The summed E-state index contributed by atoms with van der Waals surface area (Å²) in [5, 5.41) is 3.80. The fraction of sp³-hybridized carbons (Fsp3) is 0.412. The summed E-state index contributed by atoms with van der Waals surface area (Å²) in [4.78, 5) is 10.8. The second-order valence-electron chi connectivity index (χ2n) is 5.34. The highest BCUT2D eigenvalue weighted by Crippen LogP contribution is 2.19. The van der Waals surface area contributed by atoms with Crippen LogP contribution >= 0.6 is 35.6 Å². The van der Waals surface area contributed by atoms with E-state index in [9.17, 15) is 0 Å². The molecule has 0 aromatic carbocycles. The third-order valence-corrected chi connectivity index (χ3v) is 3.75. The summed E-state index contributed by atoms with van der Waals surface area (Å²) < 4.78 is 7.67. The molecule has 0 saturated carbocycles. The lowest BCUT2D eigenvalue weighted by molar-refractivity contribution is 0.315. The molecule has 2 aromatic heterocycles. The van der Waals surface area contributed by atoms with Gasteiger partial charge in [-0.25, -0.2) is 9.98 Å². The number of pyridine rings is 1. The molecule has 25 heavy (non-hydrogen) atoms. The van der Waals surface area contributed by atoms with Crippen molar-refractivity contribution in [3.63, 3.8) is 0 Å². The van der Waals surface area contributed by atoms with Crippen LogP contribution in [0.2, 0.25) is 5.02 Å². The molecule has 0 aliphatic heterocycles. The minimum atomic E-state index is 0. The molecule has 0 radical (unpaired) electrons. The number of hydrogen-bond donors (Lipinski definition) is 1. The number of guanidine groups is 1. The molecule has 0 saturated heterocycles. The largest absolute Gasteiger partial charge is 0.475 e. The Morgan fingerprint density at radius 2 is 2.20 bits per heavy atom. The SMILES string of the molecule is CCNC(=NCCOc1ncccc1Cl)N(C)Cc1cccn1C.I. The maximum absolute atomic E-state index is 6.01. The van der Waals surface area contributed by atoms with Gasteiger partial charge >= 0.3 is 0 Å². The van der Waals surface area contributed by atoms with Crippen LogP contribution in [-0.2, 0) is 13.6 Å². The van der Waals surface area contributed by atoms with Gasteiger partial charge in [0.1, 0.15) is 11.6 Å². The molecule has 0 atom stereocenters. The Kier molecular flexibility index (Phi) is 9.66. The van der Waals surface area contributed by atoms with E-state index >= 15 is 0 Å². The van der Waals surface area contributed by atoms with E-state index in [1.54, 1.807) is 18.3 Å². The molecule has 8 heteroatoms. The summed E-state index contributed by atoms with van der Waals surface area (Å²) in [6.07, 6.45) is 3.69. The average Bonchev–Trinajstić information content (AvgIpc) is 2.97. The number of halogens is 2. The smallest absolute Gasteiger partial charge is 0.232 e. The lowest BCUT2D eigenvalue weighted by Gasteiger charge is -2.22. The number of hydrogen-bond acceptors (Lipinski definition) is 3. The van der Waals surface area contributed by atoms with Gasteiger partial charge in [-0.1, -0.05) is 11.6 Å². The zero-order valence-electron chi connectivity index (χ0n) is 14.8. The predicted molar refractivity (Wildman–Crippen MR) is 113 cm³/mol. The summed E-state index contributed by atoms with van der Waals surface area (Å²) in [5.74, 6) is 1.28. The molecular formula is C17H25ClIN5O. The number of aryl methyl sites for hydroxylation is 1. The van der Waals surface area contributed by atoms with Crippen molar-refractivity contribution in [2.75, 3.05) is 26.7 Å². The van der Waals surface area contributed by atoms with Gasteiger partial charge in [0.25, 0.3) is 0 Å². The van der Waals surface area contributed by atoms with Crippen LogP contribution in [0.3, 0.4) is 0 Å². The Bertz CT molecular complexity index is 677. The van der Waals surface area contributed by atoms with Gasteiger partial charge in [0.05, 0.1) is 13.1 Å². The van der Waals surface area contributed by atoms with Crippen molar-refractivity contribution in [3.05, 3.63) is 47.4 Å². The van der Waals surface area contributed by atoms with Gasteiger partial charge in [-0.15, -0.1) is 24.0 Å². The molecule has 2 heterocycles. The normalized spacial score (nSPS) is 11.0. The Morgan fingerprint density at radius 3 is 2.84 bits per heavy atom. The van der Waals surface area contributed by atoms with Crippen molar-refractivity contribution in [2.24, 2.45) is 12.0 Å². The molecule has 0 aliphatic carbocycles. The van der Waals surface area contributed by atoms with Crippen LogP contribution in [0.25, 0.3) is 0 Å². The lowest BCUT2D eigenvalue weighted by Crippen LogP contribution is -2.39. The minimum absolute atomic E-state index is 0. The second kappa shape index (κ2) is 11.2. The van der Waals surface area contributed by atoms with Crippen molar-refractivity contribution in [3.8, 4) is 5.88 Å². The van der Waals surface area contributed by atoms with Crippen LogP contribution in [0.1, 0.15) is 12.6 Å². The molecule has 0 fully saturated rings. The number of nitrogens with one attached hydrogen (secondary N) is 1. The molecule has 0 amide bonds. The van der Waals surface area contributed by atoms with E-state index in [1.807, 2.05) is 26.4 Å². The Hall–Kier alpha value is -1.48. The Balaban J connectivity index is 0.00000312. The standard InChI is InChI=1S/C17H24ClN5O.HI/c1-4-19-17(23(3)13-14-7-6-11-22(14)2)21-10-12-24-16-15(18)8-5-9-20-16;/h5-9,11H,4,10,12-13H2,1-3H3,(H,19,21);1H. The first-order valence-corrected chi connectivity index (χ1v) is 8.32. The molecule has 6 nitrogen and oxygen atoms in total. The van der Waals surface area contributed by atoms with Crippen molar-refractivity contribution >= 4 is 41.5 Å². The summed E-state index contributed by atoms with van der Waals surface area (Å²) >= 11 is 6.01. The zero-order valence-corrected chi connectivity index (χ0v) is 17.9. The number of aliphatic imine (C=N–C) groups is 1. The fourth-order valence-electron chi connectivity index (χ4n) is 2.22. The number of aromatic nitrogens is 2. The van der Waals surface area contributed by atoms with E-state index in [-0.39, 0.29) is 24.0 Å². The number of ether oxygens (including phenoxy) is 1. The number of rotatable bonds is 7. The predicted octanol–water partition coefficient (Wildman–Crippen LogP) is 3.17. The monoisotopic (exact) mass is 477 g/mol. The van der Waals surface area contributed by atoms with Gasteiger partial charge in [0.2, 0.25) is 5.88 Å². The molecular weight excluding hydrogens is 453 g/mol. The summed E-state index contributed by atoms with van der Waals surface area (Å²) in [7, 11) is 4.06. The summed E-state index contributed by atoms with van der Waals surface area (Å²) in [6, 6.07) is 7.67. The average molecular weight is 478 g/mol. The highest BCUT2D eigenvalue weighted by Gasteiger charge is 2.08. The van der Waals surface area contributed by atoms with E-state index in [0.717, 1.165) is 19.0 Å². The van der Waals surface area contributed by atoms with Crippen molar-refractivity contribution < 1.29 is 4.74 Å². The highest BCUT2D eigenvalue weighted by molar-refractivity contribution is 14.0. The Morgan fingerprint density at radius 1 is 1.40 bits per heavy atom. The highest BCUT2D eigenvalue weighted by atomic mass is 127. The molecule has 0 bridgehead atoms. The van der Waals surface area contributed by atoms with Crippen LogP contribution in [0.15, 0.2) is 41.7 Å². The zero-order chi connectivity index (χ0) is 17.4. The van der Waals surface area contributed by atoms with E-state index in [2.05, 4.69) is 37.8 Å². The maximum Gasteiger partial charge on any atom is 0.232 e.